The number of rotatable bonds is 13. The zero-order valence-electron chi connectivity index (χ0n) is 12.0. The van der Waals surface area contributed by atoms with Crippen molar-refractivity contribution in [3.63, 3.8) is 0 Å². The van der Waals surface area contributed by atoms with Crippen LogP contribution in [0.3, 0.4) is 0 Å². The standard InChI is InChI=1S/C12H21NO8/c1-10(14)21-7-6-19-5-4-18-3-2-13-11(15)8-20-9-12(16)17/h2-9H2,1H3,(H,13,15)(H,16,17). The van der Waals surface area contributed by atoms with Crippen molar-refractivity contribution in [2.24, 2.45) is 0 Å². The summed E-state index contributed by atoms with van der Waals surface area (Å²) in [4.78, 5) is 31.7. The lowest BCUT2D eigenvalue weighted by molar-refractivity contribution is -0.144. The van der Waals surface area contributed by atoms with Gasteiger partial charge in [0, 0.05) is 13.5 Å². The van der Waals surface area contributed by atoms with Gasteiger partial charge in [-0.1, -0.05) is 0 Å². The number of nitrogens with one attached hydrogen (secondary N) is 1. The molecule has 9 nitrogen and oxygen atoms in total. The molecule has 122 valence electrons. The van der Waals surface area contributed by atoms with E-state index in [-0.39, 0.29) is 19.2 Å². The van der Waals surface area contributed by atoms with Crippen molar-refractivity contribution in [1.29, 1.82) is 0 Å². The summed E-state index contributed by atoms with van der Waals surface area (Å²) in [7, 11) is 0. The van der Waals surface area contributed by atoms with E-state index in [2.05, 4.69) is 14.8 Å². The van der Waals surface area contributed by atoms with Gasteiger partial charge in [0.05, 0.1) is 26.4 Å². The van der Waals surface area contributed by atoms with Gasteiger partial charge in [0.15, 0.2) is 0 Å². The Labute approximate surface area is 122 Å². The van der Waals surface area contributed by atoms with E-state index < -0.39 is 18.5 Å². The Kier molecular flexibility index (Phi) is 12.2. The molecule has 0 aliphatic carbocycles. The third kappa shape index (κ3) is 16.2. The molecule has 2 N–H and O–H groups in total. The van der Waals surface area contributed by atoms with Crippen LogP contribution in [-0.2, 0) is 33.3 Å². The summed E-state index contributed by atoms with van der Waals surface area (Å²) in [6.07, 6.45) is 0. The summed E-state index contributed by atoms with van der Waals surface area (Å²) < 4.78 is 19.6. The molecule has 0 aromatic rings. The maximum absolute atomic E-state index is 11.1. The maximum Gasteiger partial charge on any atom is 0.329 e. The minimum Gasteiger partial charge on any atom is -0.480 e. The van der Waals surface area contributed by atoms with Crippen LogP contribution in [0.1, 0.15) is 6.92 Å². The second-order valence-corrected chi connectivity index (χ2v) is 3.80. The lowest BCUT2D eigenvalue weighted by Crippen LogP contribution is -2.31. The fourth-order valence-electron chi connectivity index (χ4n) is 1.11. The van der Waals surface area contributed by atoms with Crippen LogP contribution in [0.5, 0.6) is 0 Å². The molecule has 21 heavy (non-hydrogen) atoms. The smallest absolute Gasteiger partial charge is 0.329 e. The molecule has 0 saturated carbocycles. The van der Waals surface area contributed by atoms with Gasteiger partial charge in [-0.05, 0) is 0 Å². The first-order valence-corrected chi connectivity index (χ1v) is 6.37. The van der Waals surface area contributed by atoms with Crippen molar-refractivity contribution in [2.75, 3.05) is 52.8 Å². The summed E-state index contributed by atoms with van der Waals surface area (Å²) in [6, 6.07) is 0. The largest absolute Gasteiger partial charge is 0.480 e. The van der Waals surface area contributed by atoms with Crippen LogP contribution in [0.25, 0.3) is 0 Å². The summed E-state index contributed by atoms with van der Waals surface area (Å²) >= 11 is 0. The third-order valence-electron chi connectivity index (χ3n) is 1.93. The highest BCUT2D eigenvalue weighted by Gasteiger charge is 2.02. The molecule has 0 heterocycles. The fraction of sp³-hybridized carbons (Fsp3) is 0.750. The van der Waals surface area contributed by atoms with Gasteiger partial charge in [0.25, 0.3) is 0 Å². The van der Waals surface area contributed by atoms with E-state index in [1.807, 2.05) is 0 Å². The molecule has 0 aliphatic heterocycles. The fourth-order valence-corrected chi connectivity index (χ4v) is 1.11. The zero-order valence-corrected chi connectivity index (χ0v) is 12.0. The number of hydrogen-bond acceptors (Lipinski definition) is 7. The number of esters is 1. The molecule has 0 atom stereocenters. The predicted octanol–water partition coefficient (Wildman–Crippen LogP) is -1.20. The first kappa shape index (κ1) is 19.3. The number of carbonyl (C=O) groups excluding carboxylic acids is 2. The van der Waals surface area contributed by atoms with Crippen LogP contribution in [-0.4, -0.2) is 75.7 Å². The van der Waals surface area contributed by atoms with Gasteiger partial charge >= 0.3 is 11.9 Å². The van der Waals surface area contributed by atoms with Crippen LogP contribution >= 0.6 is 0 Å². The lowest BCUT2D eigenvalue weighted by Gasteiger charge is -2.07. The van der Waals surface area contributed by atoms with Crippen molar-refractivity contribution >= 4 is 17.8 Å². The molecule has 0 aromatic heterocycles. The predicted molar refractivity (Wildman–Crippen MR) is 69.7 cm³/mol. The molecule has 0 spiro atoms. The Balaban J connectivity index is 3.19. The van der Waals surface area contributed by atoms with E-state index in [0.717, 1.165) is 0 Å². The van der Waals surface area contributed by atoms with Crippen LogP contribution in [0, 0.1) is 0 Å². The normalized spacial score (nSPS) is 10.1. The maximum atomic E-state index is 11.1. The summed E-state index contributed by atoms with van der Waals surface area (Å²) in [5.74, 6) is -1.88. The molecule has 9 heteroatoms. The quantitative estimate of drug-likeness (QED) is 0.321. The van der Waals surface area contributed by atoms with E-state index in [1.54, 1.807) is 0 Å². The van der Waals surface area contributed by atoms with Crippen molar-refractivity contribution in [1.82, 2.24) is 5.32 Å². The zero-order chi connectivity index (χ0) is 15.9. The number of carboxylic acids is 1. The molecule has 0 saturated heterocycles. The summed E-state index contributed by atoms with van der Waals surface area (Å²) in [5, 5.41) is 10.8. The average Bonchev–Trinajstić information content (AvgIpc) is 2.40. The monoisotopic (exact) mass is 307 g/mol. The Morgan fingerprint density at radius 3 is 2.14 bits per heavy atom. The SMILES string of the molecule is CC(=O)OCCOCCOCCNC(=O)COCC(=O)O. The minimum atomic E-state index is -1.13. The first-order valence-electron chi connectivity index (χ1n) is 6.37. The van der Waals surface area contributed by atoms with Crippen molar-refractivity contribution in [3.05, 3.63) is 0 Å². The Morgan fingerprint density at radius 2 is 1.52 bits per heavy atom. The van der Waals surface area contributed by atoms with Gasteiger partial charge in [-0.3, -0.25) is 9.59 Å². The molecule has 0 unspecified atom stereocenters. The highest BCUT2D eigenvalue weighted by molar-refractivity contribution is 5.77. The van der Waals surface area contributed by atoms with Crippen molar-refractivity contribution in [2.45, 2.75) is 6.92 Å². The minimum absolute atomic E-state index is 0.210. The molecule has 1 amide bonds. The van der Waals surface area contributed by atoms with E-state index in [4.69, 9.17) is 14.6 Å². The van der Waals surface area contributed by atoms with E-state index in [9.17, 15) is 14.4 Å². The summed E-state index contributed by atoms with van der Waals surface area (Å²) in [5.41, 5.74) is 0. The van der Waals surface area contributed by atoms with Gasteiger partial charge in [-0.2, -0.15) is 0 Å². The topological polar surface area (TPSA) is 120 Å². The molecule has 0 radical (unpaired) electrons. The molecule has 0 rings (SSSR count). The van der Waals surface area contributed by atoms with E-state index in [0.29, 0.717) is 33.0 Å². The highest BCUT2D eigenvalue weighted by Crippen LogP contribution is 1.82. The van der Waals surface area contributed by atoms with Crippen molar-refractivity contribution < 1.29 is 38.4 Å². The Bertz CT molecular complexity index is 320. The molecule has 0 fully saturated rings. The van der Waals surface area contributed by atoms with Crippen LogP contribution < -0.4 is 5.32 Å². The number of aliphatic carboxylic acids is 1. The number of amides is 1. The second kappa shape index (κ2) is 13.3. The summed E-state index contributed by atoms with van der Waals surface area (Å²) in [6.45, 7) is 2.34. The van der Waals surface area contributed by atoms with E-state index in [1.165, 1.54) is 6.92 Å². The molecular formula is C12H21NO8. The van der Waals surface area contributed by atoms with Crippen LogP contribution in [0.2, 0.25) is 0 Å². The van der Waals surface area contributed by atoms with Crippen LogP contribution in [0.15, 0.2) is 0 Å². The number of hydrogen-bond donors (Lipinski definition) is 2. The molecular weight excluding hydrogens is 286 g/mol. The lowest BCUT2D eigenvalue weighted by atomic mass is 10.6. The Hall–Kier alpha value is -1.71. The molecule has 0 bridgehead atoms. The molecule has 0 aliphatic rings. The van der Waals surface area contributed by atoms with Gasteiger partial charge < -0.3 is 29.4 Å². The average molecular weight is 307 g/mol. The van der Waals surface area contributed by atoms with Gasteiger partial charge in [0.1, 0.15) is 19.8 Å². The van der Waals surface area contributed by atoms with Gasteiger partial charge in [0.2, 0.25) is 5.91 Å². The second-order valence-electron chi connectivity index (χ2n) is 3.80. The highest BCUT2D eigenvalue weighted by atomic mass is 16.6. The Morgan fingerprint density at radius 1 is 0.905 bits per heavy atom. The molecule has 0 aromatic carbocycles. The van der Waals surface area contributed by atoms with Crippen molar-refractivity contribution in [3.8, 4) is 0 Å². The first-order chi connectivity index (χ1) is 10.0. The number of carboxylic acid groups (broad SMARTS) is 1. The number of ether oxygens (including phenoxy) is 4. The van der Waals surface area contributed by atoms with Gasteiger partial charge in [-0.15, -0.1) is 0 Å². The van der Waals surface area contributed by atoms with Gasteiger partial charge in [-0.25, -0.2) is 4.79 Å². The van der Waals surface area contributed by atoms with E-state index >= 15 is 0 Å². The van der Waals surface area contributed by atoms with Crippen LogP contribution in [0.4, 0.5) is 0 Å². The number of carbonyl (C=O) groups is 3. The third-order valence-corrected chi connectivity index (χ3v) is 1.93.